The van der Waals surface area contributed by atoms with Crippen molar-refractivity contribution in [3.05, 3.63) is 52.8 Å². The van der Waals surface area contributed by atoms with E-state index in [9.17, 15) is 4.79 Å². The van der Waals surface area contributed by atoms with Crippen molar-refractivity contribution in [2.75, 3.05) is 13.2 Å². The van der Waals surface area contributed by atoms with E-state index in [-0.39, 0.29) is 12.1 Å². The molecule has 3 rings (SSSR count). The van der Waals surface area contributed by atoms with Gasteiger partial charge in [-0.2, -0.15) is 5.10 Å². The van der Waals surface area contributed by atoms with Crippen LogP contribution in [-0.2, 0) is 6.54 Å². The number of benzene rings is 1. The van der Waals surface area contributed by atoms with E-state index < -0.39 is 0 Å². The van der Waals surface area contributed by atoms with E-state index in [1.807, 2.05) is 55.1 Å². The fraction of sp³-hybridized carbons (Fsp3) is 0.429. The molecule has 1 aromatic heterocycles. The van der Waals surface area contributed by atoms with Gasteiger partial charge >= 0.3 is 6.03 Å². The van der Waals surface area contributed by atoms with Gasteiger partial charge in [0.05, 0.1) is 19.3 Å². The van der Waals surface area contributed by atoms with Gasteiger partial charge in [0.15, 0.2) is 0 Å². The molecule has 7 heteroatoms. The van der Waals surface area contributed by atoms with Crippen LogP contribution in [0.4, 0.5) is 4.79 Å². The fourth-order valence-corrected chi connectivity index (χ4v) is 2.92. The van der Waals surface area contributed by atoms with E-state index in [2.05, 4.69) is 15.7 Å². The molecule has 6 nitrogen and oxygen atoms in total. The van der Waals surface area contributed by atoms with Gasteiger partial charge in [-0.15, -0.1) is 0 Å². The molecule has 1 aliphatic carbocycles. The summed E-state index contributed by atoms with van der Waals surface area (Å²) in [5, 5.41) is 10.6. The van der Waals surface area contributed by atoms with Crippen LogP contribution >= 0.6 is 11.6 Å². The second-order valence-electron chi connectivity index (χ2n) is 7.13. The first-order valence-corrected chi connectivity index (χ1v) is 10.1. The molecular weight excluding hydrogens is 376 g/mol. The fourth-order valence-electron chi connectivity index (χ4n) is 2.69. The van der Waals surface area contributed by atoms with Crippen LogP contribution in [0.5, 0.6) is 5.75 Å². The molecule has 0 unspecified atom stereocenters. The molecule has 2 N–H and O–H groups in total. The Balaban J connectivity index is 1.53. The summed E-state index contributed by atoms with van der Waals surface area (Å²) in [5.41, 5.74) is 1.95. The van der Waals surface area contributed by atoms with E-state index in [1.54, 1.807) is 6.20 Å². The first-order chi connectivity index (χ1) is 13.5. The van der Waals surface area contributed by atoms with Crippen molar-refractivity contribution in [1.29, 1.82) is 0 Å². The molecular formula is C21H27ClN4O2. The molecule has 0 aliphatic heterocycles. The van der Waals surface area contributed by atoms with Gasteiger partial charge in [0.2, 0.25) is 0 Å². The second-order valence-corrected chi connectivity index (χ2v) is 7.54. The van der Waals surface area contributed by atoms with Gasteiger partial charge in [0, 0.05) is 29.4 Å². The zero-order valence-corrected chi connectivity index (χ0v) is 17.1. The first kappa shape index (κ1) is 20.3. The molecule has 0 bridgehead atoms. The van der Waals surface area contributed by atoms with E-state index in [0.29, 0.717) is 24.0 Å². The molecule has 1 atom stereocenters. The van der Waals surface area contributed by atoms with Gasteiger partial charge in [-0.3, -0.25) is 4.68 Å². The van der Waals surface area contributed by atoms with Crippen molar-refractivity contribution >= 4 is 23.7 Å². The SMILES string of the molecule is CCNC(=O)N[C@@H](C)C=Cc1cnn(Cc2ccc(OCC3CC3)cc2Cl)c1. The van der Waals surface area contributed by atoms with Crippen LogP contribution in [0, 0.1) is 5.92 Å². The molecule has 1 saturated carbocycles. The van der Waals surface area contributed by atoms with Gasteiger partial charge < -0.3 is 15.4 Å². The molecule has 0 saturated heterocycles. The number of nitrogens with zero attached hydrogens (tertiary/aromatic N) is 2. The predicted octanol–water partition coefficient (Wildman–Crippen LogP) is 4.09. The topological polar surface area (TPSA) is 68.2 Å². The van der Waals surface area contributed by atoms with E-state index in [4.69, 9.17) is 16.3 Å². The average molecular weight is 403 g/mol. The largest absolute Gasteiger partial charge is 0.493 e. The summed E-state index contributed by atoms with van der Waals surface area (Å²) >= 11 is 6.41. The van der Waals surface area contributed by atoms with Gasteiger partial charge in [-0.25, -0.2) is 4.79 Å². The van der Waals surface area contributed by atoms with Gasteiger partial charge in [-0.1, -0.05) is 29.8 Å². The number of urea groups is 1. The van der Waals surface area contributed by atoms with Crippen molar-refractivity contribution in [1.82, 2.24) is 20.4 Å². The maximum Gasteiger partial charge on any atom is 0.315 e. The third kappa shape index (κ3) is 6.30. The quantitative estimate of drug-likeness (QED) is 0.663. The number of hydrogen-bond donors (Lipinski definition) is 2. The standard InChI is InChI=1S/C21H27ClN4O2/c1-3-23-21(27)25-15(2)4-5-17-11-24-26(12-17)13-18-8-9-19(10-20(18)22)28-14-16-6-7-16/h4-5,8-12,15-16H,3,6-7,13-14H2,1-2H3,(H2,23,25,27)/t15-/m0/s1. The number of carbonyl (C=O) groups is 1. The Morgan fingerprint density at radius 1 is 1.46 bits per heavy atom. The molecule has 1 aromatic carbocycles. The molecule has 150 valence electrons. The lowest BCUT2D eigenvalue weighted by molar-refractivity contribution is 0.240. The van der Waals surface area contributed by atoms with E-state index in [1.165, 1.54) is 12.8 Å². The first-order valence-electron chi connectivity index (χ1n) is 9.69. The van der Waals surface area contributed by atoms with E-state index >= 15 is 0 Å². The van der Waals surface area contributed by atoms with Crippen LogP contribution in [-0.4, -0.2) is 35.0 Å². The zero-order valence-electron chi connectivity index (χ0n) is 16.3. The highest BCUT2D eigenvalue weighted by Gasteiger charge is 2.22. The van der Waals surface area contributed by atoms with Crippen LogP contribution in [0.25, 0.3) is 6.08 Å². The number of carbonyl (C=O) groups excluding carboxylic acids is 1. The van der Waals surface area contributed by atoms with Crippen molar-refractivity contribution in [2.24, 2.45) is 5.92 Å². The summed E-state index contributed by atoms with van der Waals surface area (Å²) < 4.78 is 7.61. The van der Waals surface area contributed by atoms with Crippen molar-refractivity contribution in [2.45, 2.75) is 39.3 Å². The van der Waals surface area contributed by atoms with Gasteiger partial charge in [0.25, 0.3) is 0 Å². The smallest absolute Gasteiger partial charge is 0.315 e. The summed E-state index contributed by atoms with van der Waals surface area (Å²) in [6.07, 6.45) is 10.1. The molecule has 1 heterocycles. The number of amides is 2. The zero-order chi connectivity index (χ0) is 19.9. The highest BCUT2D eigenvalue weighted by molar-refractivity contribution is 6.31. The molecule has 1 fully saturated rings. The maximum atomic E-state index is 11.5. The Labute approximate surface area is 170 Å². The molecule has 0 spiro atoms. The maximum absolute atomic E-state index is 11.5. The molecule has 1 aliphatic rings. The Morgan fingerprint density at radius 3 is 3.00 bits per heavy atom. The Bertz CT molecular complexity index is 830. The van der Waals surface area contributed by atoms with Crippen LogP contribution in [0.3, 0.4) is 0 Å². The Morgan fingerprint density at radius 2 is 2.29 bits per heavy atom. The third-order valence-electron chi connectivity index (χ3n) is 4.47. The lowest BCUT2D eigenvalue weighted by Gasteiger charge is -2.09. The van der Waals surface area contributed by atoms with Gasteiger partial charge in [-0.05, 0) is 50.3 Å². The summed E-state index contributed by atoms with van der Waals surface area (Å²) in [6, 6.07) is 5.57. The van der Waals surface area contributed by atoms with Crippen molar-refractivity contribution in [3.8, 4) is 5.75 Å². The van der Waals surface area contributed by atoms with Gasteiger partial charge in [0.1, 0.15) is 5.75 Å². The minimum Gasteiger partial charge on any atom is -0.493 e. The number of ether oxygens (including phenoxy) is 1. The highest BCUT2D eigenvalue weighted by atomic mass is 35.5. The predicted molar refractivity (Wildman–Crippen MR) is 112 cm³/mol. The van der Waals surface area contributed by atoms with Crippen molar-refractivity contribution < 1.29 is 9.53 Å². The van der Waals surface area contributed by atoms with E-state index in [0.717, 1.165) is 23.5 Å². The molecule has 28 heavy (non-hydrogen) atoms. The number of hydrogen-bond acceptors (Lipinski definition) is 3. The third-order valence-corrected chi connectivity index (χ3v) is 4.82. The summed E-state index contributed by atoms with van der Waals surface area (Å²) in [7, 11) is 0. The Kier molecular flexibility index (Phi) is 6.98. The monoisotopic (exact) mass is 402 g/mol. The second kappa shape index (κ2) is 9.64. The average Bonchev–Trinajstić information content (AvgIpc) is 3.38. The highest BCUT2D eigenvalue weighted by Crippen LogP contribution is 2.30. The number of nitrogens with one attached hydrogen (secondary N) is 2. The number of halogens is 1. The minimum atomic E-state index is -0.172. The summed E-state index contributed by atoms with van der Waals surface area (Å²) in [5.74, 6) is 1.53. The van der Waals surface area contributed by atoms with Crippen molar-refractivity contribution in [3.63, 3.8) is 0 Å². The molecule has 0 radical (unpaired) electrons. The minimum absolute atomic E-state index is 0.0764. The molecule has 2 aromatic rings. The number of aromatic nitrogens is 2. The molecule has 2 amide bonds. The Hall–Kier alpha value is -2.47. The lowest BCUT2D eigenvalue weighted by Crippen LogP contribution is -2.39. The van der Waals surface area contributed by atoms with Crippen LogP contribution in [0.1, 0.15) is 37.8 Å². The van der Waals surface area contributed by atoms with Crippen LogP contribution in [0.2, 0.25) is 5.02 Å². The lowest BCUT2D eigenvalue weighted by atomic mass is 10.2. The summed E-state index contributed by atoms with van der Waals surface area (Å²) in [4.78, 5) is 11.5. The normalized spacial score (nSPS) is 14.8. The number of rotatable bonds is 9. The van der Waals surface area contributed by atoms with Crippen LogP contribution in [0.15, 0.2) is 36.7 Å². The van der Waals surface area contributed by atoms with Crippen LogP contribution < -0.4 is 15.4 Å². The summed E-state index contributed by atoms with van der Waals surface area (Å²) in [6.45, 7) is 5.77.